The van der Waals surface area contributed by atoms with E-state index in [9.17, 15) is 9.59 Å². The third kappa shape index (κ3) is 2.68. The summed E-state index contributed by atoms with van der Waals surface area (Å²) in [6.45, 7) is 4.00. The van der Waals surface area contributed by atoms with E-state index in [0.717, 1.165) is 50.9 Å². The lowest BCUT2D eigenvalue weighted by Crippen LogP contribution is -2.42. The lowest BCUT2D eigenvalue weighted by molar-refractivity contribution is 0.0325. The first-order valence-electron chi connectivity index (χ1n) is 11.6. The van der Waals surface area contributed by atoms with Crippen LogP contribution in [0.1, 0.15) is 20.7 Å². The molecule has 0 aliphatic carbocycles. The zero-order valence-corrected chi connectivity index (χ0v) is 18.5. The third-order valence-electron chi connectivity index (χ3n) is 7.18. The molecule has 0 saturated carbocycles. The number of morpholine rings is 1. The van der Waals surface area contributed by atoms with Crippen molar-refractivity contribution in [3.05, 3.63) is 65.9 Å². The van der Waals surface area contributed by atoms with E-state index in [1.165, 1.54) is 4.90 Å². The summed E-state index contributed by atoms with van der Waals surface area (Å²) in [5, 5.41) is 5.42. The smallest absolute Gasteiger partial charge is 0.262 e. The highest BCUT2D eigenvalue weighted by atomic mass is 16.5. The normalized spacial score (nSPS) is 17.0. The van der Waals surface area contributed by atoms with Gasteiger partial charge in [-0.2, -0.15) is 0 Å². The largest absolute Gasteiger partial charge is 0.379 e. The number of amides is 2. The molecule has 4 heterocycles. The average molecular weight is 450 g/mol. The predicted molar refractivity (Wildman–Crippen MR) is 131 cm³/mol. The predicted octanol–water partition coefficient (Wildman–Crippen LogP) is 3.95. The average Bonchev–Trinajstić information content (AvgIpc) is 3.38. The highest BCUT2D eigenvalue weighted by Crippen LogP contribution is 2.43. The van der Waals surface area contributed by atoms with Crippen LogP contribution in [-0.2, 0) is 4.74 Å². The number of nitrogens with zero attached hydrogens (tertiary/aromatic N) is 3. The molecule has 0 atom stereocenters. The van der Waals surface area contributed by atoms with Crippen molar-refractivity contribution in [2.45, 2.75) is 0 Å². The van der Waals surface area contributed by atoms with Crippen molar-refractivity contribution < 1.29 is 14.3 Å². The van der Waals surface area contributed by atoms with Crippen molar-refractivity contribution in [1.29, 1.82) is 0 Å². The van der Waals surface area contributed by atoms with Gasteiger partial charge in [0.15, 0.2) is 0 Å². The van der Waals surface area contributed by atoms with Gasteiger partial charge in [0.05, 0.1) is 29.9 Å². The van der Waals surface area contributed by atoms with Gasteiger partial charge in [0.2, 0.25) is 0 Å². The number of imide groups is 1. The zero-order valence-electron chi connectivity index (χ0n) is 18.5. The van der Waals surface area contributed by atoms with Crippen molar-refractivity contribution in [2.75, 3.05) is 39.4 Å². The van der Waals surface area contributed by atoms with E-state index >= 15 is 0 Å². The Balaban J connectivity index is 1.50. The van der Waals surface area contributed by atoms with Gasteiger partial charge in [0.1, 0.15) is 5.65 Å². The van der Waals surface area contributed by atoms with Crippen LogP contribution in [0, 0.1) is 0 Å². The number of aromatic nitrogens is 2. The van der Waals surface area contributed by atoms with Crippen LogP contribution >= 0.6 is 0 Å². The first-order valence-corrected chi connectivity index (χ1v) is 11.6. The Morgan fingerprint density at radius 3 is 2.44 bits per heavy atom. The zero-order chi connectivity index (χ0) is 22.8. The number of carbonyl (C=O) groups excluding carboxylic acids is 2. The topological polar surface area (TPSA) is 78.5 Å². The summed E-state index contributed by atoms with van der Waals surface area (Å²) >= 11 is 0. The van der Waals surface area contributed by atoms with Crippen LogP contribution in [0.3, 0.4) is 0 Å². The van der Waals surface area contributed by atoms with Gasteiger partial charge in [-0.25, -0.2) is 4.98 Å². The molecule has 2 aliphatic rings. The van der Waals surface area contributed by atoms with Crippen molar-refractivity contribution in [2.24, 2.45) is 0 Å². The van der Waals surface area contributed by atoms with E-state index in [-0.39, 0.29) is 11.8 Å². The molecular weight excluding hydrogens is 428 g/mol. The first-order chi connectivity index (χ1) is 16.7. The van der Waals surface area contributed by atoms with Gasteiger partial charge in [0.25, 0.3) is 11.8 Å². The molecule has 0 bridgehead atoms. The van der Waals surface area contributed by atoms with Crippen molar-refractivity contribution >= 4 is 55.3 Å². The molecule has 0 unspecified atom stereocenters. The molecule has 0 spiro atoms. The minimum Gasteiger partial charge on any atom is -0.379 e. The monoisotopic (exact) mass is 450 g/mol. The molecule has 0 radical (unpaired) electrons. The number of fused-ring (bicyclic) bond motifs is 10. The second kappa shape index (κ2) is 7.35. The number of H-pyrrole nitrogens is 1. The van der Waals surface area contributed by atoms with Crippen LogP contribution < -0.4 is 0 Å². The Bertz CT molecular complexity index is 1650. The molecular formula is C27H22N4O3. The number of pyridine rings is 1. The second-order valence-electron chi connectivity index (χ2n) is 8.95. The Kier molecular flexibility index (Phi) is 4.24. The highest BCUT2D eigenvalue weighted by molar-refractivity contribution is 6.39. The number of aromatic amines is 1. The quantitative estimate of drug-likeness (QED) is 0.333. The van der Waals surface area contributed by atoms with Gasteiger partial charge in [-0.15, -0.1) is 0 Å². The first kappa shape index (κ1) is 19.6. The number of rotatable bonds is 3. The lowest BCUT2D eigenvalue weighted by atomic mass is 9.91. The highest BCUT2D eigenvalue weighted by Gasteiger charge is 2.40. The standard InChI is InChI=1S/C27H22N4O3/c32-26-22-20-17-5-2-1-4-16(17)7-8-18(20)24-21(19-6-3-9-28-25(19)29-24)23(22)27(33)31(26)11-10-30-12-14-34-15-13-30/h1-9H,10-15H2,(H,28,29). The summed E-state index contributed by atoms with van der Waals surface area (Å²) in [6, 6.07) is 16.0. The molecule has 1 N–H and O–H groups in total. The lowest BCUT2D eigenvalue weighted by Gasteiger charge is -2.27. The molecule has 2 amide bonds. The molecule has 7 nitrogen and oxygen atoms in total. The fourth-order valence-corrected chi connectivity index (χ4v) is 5.54. The molecule has 3 aromatic carbocycles. The maximum atomic E-state index is 13.9. The Morgan fingerprint density at radius 2 is 1.59 bits per heavy atom. The van der Waals surface area contributed by atoms with E-state index in [0.29, 0.717) is 43.1 Å². The summed E-state index contributed by atoms with van der Waals surface area (Å²) < 4.78 is 5.44. The molecule has 2 aromatic heterocycles. The van der Waals surface area contributed by atoms with Crippen LogP contribution in [0.15, 0.2) is 54.7 Å². The fourth-order valence-electron chi connectivity index (χ4n) is 5.54. The summed E-state index contributed by atoms with van der Waals surface area (Å²) in [5.41, 5.74) is 2.57. The number of carbonyl (C=O) groups is 2. The molecule has 5 aromatic rings. The Morgan fingerprint density at radius 1 is 0.824 bits per heavy atom. The third-order valence-corrected chi connectivity index (χ3v) is 7.18. The SMILES string of the molecule is O=C1c2c(c3c4cccnc4[nH]c3c3ccc4ccccc4c23)C(=O)N1CCN1CCOCC1. The summed E-state index contributed by atoms with van der Waals surface area (Å²) in [5.74, 6) is -0.437. The van der Waals surface area contributed by atoms with Gasteiger partial charge < -0.3 is 9.72 Å². The maximum Gasteiger partial charge on any atom is 0.262 e. The van der Waals surface area contributed by atoms with Crippen molar-refractivity contribution in [3.63, 3.8) is 0 Å². The minimum absolute atomic E-state index is 0.213. The van der Waals surface area contributed by atoms with E-state index in [4.69, 9.17) is 4.74 Å². The number of hydrogen-bond acceptors (Lipinski definition) is 5. The van der Waals surface area contributed by atoms with Gasteiger partial charge in [-0.05, 0) is 22.9 Å². The number of nitrogens with one attached hydrogen (secondary N) is 1. The van der Waals surface area contributed by atoms with Gasteiger partial charge >= 0.3 is 0 Å². The van der Waals surface area contributed by atoms with E-state index in [1.807, 2.05) is 42.5 Å². The molecule has 7 heteroatoms. The van der Waals surface area contributed by atoms with Crippen LogP contribution in [-0.4, -0.2) is 71.0 Å². The maximum absolute atomic E-state index is 13.9. The van der Waals surface area contributed by atoms with Gasteiger partial charge in [-0.3, -0.25) is 19.4 Å². The van der Waals surface area contributed by atoms with Crippen LogP contribution in [0.5, 0.6) is 0 Å². The molecule has 1 saturated heterocycles. The summed E-state index contributed by atoms with van der Waals surface area (Å²) in [7, 11) is 0. The van der Waals surface area contributed by atoms with Crippen LogP contribution in [0.25, 0.3) is 43.5 Å². The minimum atomic E-state index is -0.224. The van der Waals surface area contributed by atoms with E-state index < -0.39 is 0 Å². The second-order valence-corrected chi connectivity index (χ2v) is 8.95. The van der Waals surface area contributed by atoms with Crippen molar-refractivity contribution in [1.82, 2.24) is 19.8 Å². The molecule has 1 fully saturated rings. The summed E-state index contributed by atoms with van der Waals surface area (Å²) in [4.78, 5) is 39.3. The van der Waals surface area contributed by atoms with Crippen LogP contribution in [0.2, 0.25) is 0 Å². The van der Waals surface area contributed by atoms with Gasteiger partial charge in [0, 0.05) is 53.9 Å². The van der Waals surface area contributed by atoms with E-state index in [2.05, 4.69) is 20.9 Å². The van der Waals surface area contributed by atoms with Crippen molar-refractivity contribution in [3.8, 4) is 0 Å². The van der Waals surface area contributed by atoms with Gasteiger partial charge in [-0.1, -0.05) is 36.4 Å². The number of benzene rings is 3. The van der Waals surface area contributed by atoms with E-state index in [1.54, 1.807) is 6.20 Å². The Hall–Kier alpha value is -3.81. The molecule has 2 aliphatic heterocycles. The molecule has 168 valence electrons. The fraction of sp³-hybridized carbons (Fsp3) is 0.222. The Labute approximate surface area is 194 Å². The molecule has 7 rings (SSSR count). The number of hydrogen-bond donors (Lipinski definition) is 1. The molecule has 34 heavy (non-hydrogen) atoms. The summed E-state index contributed by atoms with van der Waals surface area (Å²) in [6.07, 6.45) is 1.73. The van der Waals surface area contributed by atoms with Crippen LogP contribution in [0.4, 0.5) is 0 Å². The number of ether oxygens (including phenoxy) is 1.